The molecule has 0 saturated heterocycles. The topological polar surface area (TPSA) is 79.2 Å². The van der Waals surface area contributed by atoms with Gasteiger partial charge in [0.1, 0.15) is 0 Å². The molecule has 0 saturated carbocycles. The average Bonchev–Trinajstić information content (AvgIpc) is 3.03. The smallest absolute Gasteiger partial charge is 0.315 e. The quantitative estimate of drug-likeness (QED) is 0.695. The van der Waals surface area contributed by atoms with E-state index < -0.39 is 0 Å². The number of amides is 2. The highest BCUT2D eigenvalue weighted by molar-refractivity contribution is 5.74. The van der Waals surface area contributed by atoms with Gasteiger partial charge in [-0.3, -0.25) is 4.68 Å². The van der Waals surface area contributed by atoms with Crippen LogP contribution in [-0.2, 0) is 13.6 Å². The molecule has 2 rings (SSSR count). The predicted octanol–water partition coefficient (Wildman–Crippen LogP) is 2.29. The van der Waals surface area contributed by atoms with Gasteiger partial charge in [-0.05, 0) is 29.5 Å². The molecule has 0 bridgehead atoms. The molecule has 0 spiro atoms. The summed E-state index contributed by atoms with van der Waals surface area (Å²) in [6.45, 7) is 3.27. The Bertz CT molecular complexity index is 654. The molecule has 1 unspecified atom stereocenters. The SMILES string of the molecule is CCC(CCO)CNC(=O)NCc1cccc(-c2cnn(C)c2)c1. The highest BCUT2D eigenvalue weighted by atomic mass is 16.3. The minimum absolute atomic E-state index is 0.156. The summed E-state index contributed by atoms with van der Waals surface area (Å²) in [5.41, 5.74) is 3.17. The highest BCUT2D eigenvalue weighted by Gasteiger charge is 2.08. The van der Waals surface area contributed by atoms with Gasteiger partial charge < -0.3 is 15.7 Å². The molecule has 1 aromatic heterocycles. The van der Waals surface area contributed by atoms with Crippen molar-refractivity contribution >= 4 is 6.03 Å². The number of carbonyl (C=O) groups excluding carboxylic acids is 1. The number of aliphatic hydroxyl groups excluding tert-OH is 1. The lowest BCUT2D eigenvalue weighted by Crippen LogP contribution is -2.38. The zero-order valence-corrected chi connectivity index (χ0v) is 14.3. The van der Waals surface area contributed by atoms with Crippen molar-refractivity contribution in [1.82, 2.24) is 20.4 Å². The van der Waals surface area contributed by atoms with Gasteiger partial charge in [0.2, 0.25) is 0 Å². The van der Waals surface area contributed by atoms with Crippen LogP contribution in [0.2, 0.25) is 0 Å². The lowest BCUT2D eigenvalue weighted by molar-refractivity contribution is 0.230. The van der Waals surface area contributed by atoms with Gasteiger partial charge in [-0.25, -0.2) is 4.79 Å². The molecular weight excluding hydrogens is 304 g/mol. The van der Waals surface area contributed by atoms with Crippen LogP contribution in [0.15, 0.2) is 36.7 Å². The van der Waals surface area contributed by atoms with Gasteiger partial charge in [0.05, 0.1) is 6.20 Å². The van der Waals surface area contributed by atoms with Gasteiger partial charge in [0, 0.05) is 38.5 Å². The molecule has 1 aromatic carbocycles. The fourth-order valence-electron chi connectivity index (χ4n) is 2.55. The lowest BCUT2D eigenvalue weighted by atomic mass is 10.0. The molecule has 6 heteroatoms. The second-order valence-corrected chi connectivity index (χ2v) is 5.95. The first-order valence-electron chi connectivity index (χ1n) is 8.33. The van der Waals surface area contributed by atoms with E-state index in [1.165, 1.54) is 0 Å². The van der Waals surface area contributed by atoms with Gasteiger partial charge in [0.15, 0.2) is 0 Å². The second kappa shape index (κ2) is 9.08. The Kier molecular flexibility index (Phi) is 6.81. The maximum absolute atomic E-state index is 11.9. The minimum Gasteiger partial charge on any atom is -0.396 e. The van der Waals surface area contributed by atoms with E-state index in [-0.39, 0.29) is 12.6 Å². The number of aliphatic hydroxyl groups is 1. The molecule has 1 atom stereocenters. The molecule has 1 heterocycles. The van der Waals surface area contributed by atoms with Crippen molar-refractivity contribution in [2.75, 3.05) is 13.2 Å². The average molecular weight is 330 g/mol. The van der Waals surface area contributed by atoms with Crippen molar-refractivity contribution in [2.24, 2.45) is 13.0 Å². The maximum atomic E-state index is 11.9. The minimum atomic E-state index is -0.182. The van der Waals surface area contributed by atoms with Crippen LogP contribution in [0.25, 0.3) is 11.1 Å². The Labute approximate surface area is 142 Å². The van der Waals surface area contributed by atoms with Crippen LogP contribution >= 0.6 is 0 Å². The number of carbonyl (C=O) groups is 1. The number of benzene rings is 1. The van der Waals surface area contributed by atoms with E-state index in [2.05, 4.69) is 28.7 Å². The number of nitrogens with one attached hydrogen (secondary N) is 2. The number of aromatic nitrogens is 2. The predicted molar refractivity (Wildman–Crippen MR) is 94.4 cm³/mol. The molecule has 6 nitrogen and oxygen atoms in total. The van der Waals surface area contributed by atoms with Crippen molar-refractivity contribution in [3.8, 4) is 11.1 Å². The number of urea groups is 1. The first-order valence-corrected chi connectivity index (χ1v) is 8.33. The Morgan fingerprint density at radius 1 is 1.33 bits per heavy atom. The third-order valence-electron chi connectivity index (χ3n) is 4.08. The maximum Gasteiger partial charge on any atom is 0.315 e. The normalized spacial score (nSPS) is 12.0. The summed E-state index contributed by atoms with van der Waals surface area (Å²) in [7, 11) is 1.89. The molecular formula is C18H26N4O2. The van der Waals surface area contributed by atoms with Crippen LogP contribution < -0.4 is 10.6 Å². The van der Waals surface area contributed by atoms with Crippen molar-refractivity contribution < 1.29 is 9.90 Å². The zero-order valence-electron chi connectivity index (χ0n) is 14.3. The van der Waals surface area contributed by atoms with Crippen molar-refractivity contribution in [3.63, 3.8) is 0 Å². The van der Waals surface area contributed by atoms with Crippen molar-refractivity contribution in [2.45, 2.75) is 26.3 Å². The molecule has 0 aliphatic heterocycles. The number of aryl methyl sites for hydroxylation is 1. The highest BCUT2D eigenvalue weighted by Crippen LogP contribution is 2.19. The summed E-state index contributed by atoms with van der Waals surface area (Å²) in [6.07, 6.45) is 5.44. The Morgan fingerprint density at radius 2 is 2.17 bits per heavy atom. The Hall–Kier alpha value is -2.34. The number of nitrogens with zero attached hydrogens (tertiary/aromatic N) is 2. The van der Waals surface area contributed by atoms with E-state index in [0.717, 1.165) is 23.1 Å². The van der Waals surface area contributed by atoms with Crippen LogP contribution in [0, 0.1) is 5.92 Å². The van der Waals surface area contributed by atoms with E-state index in [1.807, 2.05) is 37.6 Å². The fraction of sp³-hybridized carbons (Fsp3) is 0.444. The largest absolute Gasteiger partial charge is 0.396 e. The van der Waals surface area contributed by atoms with Crippen LogP contribution in [0.4, 0.5) is 4.79 Å². The van der Waals surface area contributed by atoms with E-state index in [1.54, 1.807) is 4.68 Å². The Balaban J connectivity index is 1.84. The molecule has 3 N–H and O–H groups in total. The second-order valence-electron chi connectivity index (χ2n) is 5.95. The first-order chi connectivity index (χ1) is 11.6. The zero-order chi connectivity index (χ0) is 17.4. The van der Waals surface area contributed by atoms with Crippen LogP contribution in [0.3, 0.4) is 0 Å². The van der Waals surface area contributed by atoms with Gasteiger partial charge in [-0.15, -0.1) is 0 Å². The number of hydrogen-bond acceptors (Lipinski definition) is 3. The molecule has 2 amide bonds. The Morgan fingerprint density at radius 3 is 2.83 bits per heavy atom. The monoisotopic (exact) mass is 330 g/mol. The van der Waals surface area contributed by atoms with E-state index in [4.69, 9.17) is 5.11 Å². The summed E-state index contributed by atoms with van der Waals surface area (Å²) in [6, 6.07) is 7.86. The third-order valence-corrected chi connectivity index (χ3v) is 4.08. The van der Waals surface area contributed by atoms with Gasteiger partial charge in [-0.1, -0.05) is 31.5 Å². The van der Waals surface area contributed by atoms with E-state index in [0.29, 0.717) is 25.4 Å². The van der Waals surface area contributed by atoms with Crippen LogP contribution in [-0.4, -0.2) is 34.1 Å². The summed E-state index contributed by atoms with van der Waals surface area (Å²) < 4.78 is 1.77. The molecule has 0 aliphatic rings. The lowest BCUT2D eigenvalue weighted by Gasteiger charge is -2.15. The molecule has 0 fully saturated rings. The van der Waals surface area contributed by atoms with Crippen LogP contribution in [0.1, 0.15) is 25.3 Å². The van der Waals surface area contributed by atoms with Crippen molar-refractivity contribution in [3.05, 3.63) is 42.2 Å². The molecule has 24 heavy (non-hydrogen) atoms. The molecule has 2 aromatic rings. The summed E-state index contributed by atoms with van der Waals surface area (Å²) in [5, 5.41) is 18.9. The first kappa shape index (κ1) is 18.0. The fourth-order valence-corrected chi connectivity index (χ4v) is 2.55. The van der Waals surface area contributed by atoms with Gasteiger partial charge in [0.25, 0.3) is 0 Å². The number of hydrogen-bond donors (Lipinski definition) is 3. The van der Waals surface area contributed by atoms with Crippen LogP contribution in [0.5, 0.6) is 0 Å². The number of rotatable bonds is 8. The van der Waals surface area contributed by atoms with Gasteiger partial charge in [-0.2, -0.15) is 5.10 Å². The molecule has 130 valence electrons. The van der Waals surface area contributed by atoms with E-state index in [9.17, 15) is 4.79 Å². The van der Waals surface area contributed by atoms with Gasteiger partial charge >= 0.3 is 6.03 Å². The third kappa shape index (κ3) is 5.38. The summed E-state index contributed by atoms with van der Waals surface area (Å²) in [4.78, 5) is 11.9. The molecule has 0 aliphatic carbocycles. The summed E-state index contributed by atoms with van der Waals surface area (Å²) in [5.74, 6) is 0.314. The van der Waals surface area contributed by atoms with E-state index >= 15 is 0 Å². The van der Waals surface area contributed by atoms with Crippen molar-refractivity contribution in [1.29, 1.82) is 0 Å². The standard InChI is InChI=1S/C18H26N4O2/c1-3-14(7-8-23)10-19-18(24)20-11-15-5-4-6-16(9-15)17-12-21-22(2)13-17/h4-6,9,12-14,23H,3,7-8,10-11H2,1-2H3,(H2,19,20,24). The molecule has 0 radical (unpaired) electrons. The summed E-state index contributed by atoms with van der Waals surface area (Å²) >= 11 is 0.